The van der Waals surface area contributed by atoms with E-state index >= 15 is 0 Å². The Morgan fingerprint density at radius 3 is 2.19 bits per heavy atom. The highest BCUT2D eigenvalue weighted by Gasteiger charge is 1.96. The lowest BCUT2D eigenvalue weighted by molar-refractivity contribution is 0.0487. The lowest BCUT2D eigenvalue weighted by atomic mass is 10.4. The number of guanidine groups is 1. The number of nitrogens with one attached hydrogen (secondary N) is 2. The Labute approximate surface area is 146 Å². The van der Waals surface area contributed by atoms with Gasteiger partial charge in [0.05, 0.1) is 19.8 Å². The second-order valence-electron chi connectivity index (χ2n) is 4.35. The molecule has 0 radical (unpaired) electrons. The van der Waals surface area contributed by atoms with Crippen LogP contribution in [-0.2, 0) is 14.2 Å². The molecule has 0 saturated heterocycles. The Bertz CT molecular complexity index is 232. The van der Waals surface area contributed by atoms with Crippen molar-refractivity contribution >= 4 is 29.9 Å². The number of rotatable bonds is 13. The Balaban J connectivity index is 0. The lowest BCUT2D eigenvalue weighted by Gasteiger charge is -2.12. The second-order valence-corrected chi connectivity index (χ2v) is 4.35. The molecular formula is C14H32IN3O3. The Morgan fingerprint density at radius 2 is 1.57 bits per heavy atom. The van der Waals surface area contributed by atoms with Gasteiger partial charge in [-0.2, -0.15) is 0 Å². The SMILES string of the molecule is CCCCOCCOCCNC(=NC)NCCCOC.I. The summed E-state index contributed by atoms with van der Waals surface area (Å²) in [6.45, 7) is 7.28. The van der Waals surface area contributed by atoms with Crippen molar-refractivity contribution in [1.29, 1.82) is 0 Å². The molecule has 6 nitrogen and oxygen atoms in total. The molecule has 21 heavy (non-hydrogen) atoms. The van der Waals surface area contributed by atoms with Gasteiger partial charge in [-0.15, -0.1) is 24.0 Å². The fourth-order valence-electron chi connectivity index (χ4n) is 1.45. The number of hydrogen-bond donors (Lipinski definition) is 2. The van der Waals surface area contributed by atoms with E-state index in [0.29, 0.717) is 19.8 Å². The molecule has 0 amide bonds. The number of ether oxygens (including phenoxy) is 3. The summed E-state index contributed by atoms with van der Waals surface area (Å²) in [7, 11) is 3.46. The van der Waals surface area contributed by atoms with Crippen LogP contribution in [0.25, 0.3) is 0 Å². The highest BCUT2D eigenvalue weighted by atomic mass is 127. The van der Waals surface area contributed by atoms with Crippen molar-refractivity contribution in [2.24, 2.45) is 4.99 Å². The number of nitrogens with zero attached hydrogens (tertiary/aromatic N) is 1. The Hall–Kier alpha value is -0.120. The minimum Gasteiger partial charge on any atom is -0.385 e. The second kappa shape index (κ2) is 19.9. The van der Waals surface area contributed by atoms with Crippen LogP contribution in [-0.4, -0.2) is 66.2 Å². The predicted molar refractivity (Wildman–Crippen MR) is 97.8 cm³/mol. The molecule has 2 N–H and O–H groups in total. The van der Waals surface area contributed by atoms with Crippen LogP contribution in [0.4, 0.5) is 0 Å². The molecule has 0 aromatic heterocycles. The zero-order valence-electron chi connectivity index (χ0n) is 13.7. The molecule has 0 heterocycles. The van der Waals surface area contributed by atoms with Gasteiger partial charge >= 0.3 is 0 Å². The largest absolute Gasteiger partial charge is 0.385 e. The van der Waals surface area contributed by atoms with Gasteiger partial charge in [0.15, 0.2) is 5.96 Å². The van der Waals surface area contributed by atoms with Gasteiger partial charge in [0.2, 0.25) is 0 Å². The van der Waals surface area contributed by atoms with Gasteiger partial charge in [0.25, 0.3) is 0 Å². The molecular weight excluding hydrogens is 385 g/mol. The fourth-order valence-corrected chi connectivity index (χ4v) is 1.45. The van der Waals surface area contributed by atoms with Crippen LogP contribution in [0.5, 0.6) is 0 Å². The molecule has 0 unspecified atom stereocenters. The molecule has 0 bridgehead atoms. The number of hydrogen-bond acceptors (Lipinski definition) is 4. The number of aliphatic imine (C=N–C) groups is 1. The van der Waals surface area contributed by atoms with Crippen molar-refractivity contribution in [3.05, 3.63) is 0 Å². The van der Waals surface area contributed by atoms with Crippen LogP contribution >= 0.6 is 24.0 Å². The maximum Gasteiger partial charge on any atom is 0.191 e. The van der Waals surface area contributed by atoms with Crippen LogP contribution in [0.1, 0.15) is 26.2 Å². The zero-order valence-corrected chi connectivity index (χ0v) is 16.0. The summed E-state index contributed by atoms with van der Waals surface area (Å²) < 4.78 is 15.9. The summed E-state index contributed by atoms with van der Waals surface area (Å²) in [5.74, 6) is 0.795. The molecule has 0 atom stereocenters. The van der Waals surface area contributed by atoms with E-state index in [1.165, 1.54) is 6.42 Å². The number of halogens is 1. The predicted octanol–water partition coefficient (Wildman–Crippen LogP) is 1.64. The van der Waals surface area contributed by atoms with Crippen LogP contribution in [0.3, 0.4) is 0 Å². The topological polar surface area (TPSA) is 64.1 Å². The van der Waals surface area contributed by atoms with Gasteiger partial charge in [0.1, 0.15) is 0 Å². The van der Waals surface area contributed by atoms with Crippen LogP contribution in [0, 0.1) is 0 Å². The van der Waals surface area contributed by atoms with E-state index in [1.54, 1.807) is 14.2 Å². The monoisotopic (exact) mass is 417 g/mol. The summed E-state index contributed by atoms with van der Waals surface area (Å²) in [4.78, 5) is 4.13. The van der Waals surface area contributed by atoms with Crippen LogP contribution in [0.15, 0.2) is 4.99 Å². The van der Waals surface area contributed by atoms with Crippen molar-refractivity contribution in [1.82, 2.24) is 10.6 Å². The van der Waals surface area contributed by atoms with E-state index in [2.05, 4.69) is 22.5 Å². The molecule has 0 aliphatic rings. The van der Waals surface area contributed by atoms with E-state index < -0.39 is 0 Å². The average molecular weight is 417 g/mol. The molecule has 0 spiro atoms. The molecule has 7 heteroatoms. The van der Waals surface area contributed by atoms with Crippen molar-refractivity contribution in [3.63, 3.8) is 0 Å². The average Bonchev–Trinajstić information content (AvgIpc) is 2.47. The summed E-state index contributed by atoms with van der Waals surface area (Å²) in [6, 6.07) is 0. The summed E-state index contributed by atoms with van der Waals surface area (Å²) in [5, 5.41) is 6.40. The van der Waals surface area contributed by atoms with E-state index in [9.17, 15) is 0 Å². The normalized spacial score (nSPS) is 11.1. The standard InChI is InChI=1S/C14H31N3O3.HI/c1-4-5-10-19-12-13-20-11-8-17-14(15-2)16-7-6-9-18-3;/h4-13H2,1-3H3,(H2,15,16,17);1H. The van der Waals surface area contributed by atoms with Gasteiger partial charge in [-0.05, 0) is 12.8 Å². The Morgan fingerprint density at radius 1 is 0.905 bits per heavy atom. The maximum atomic E-state index is 5.46. The van der Waals surface area contributed by atoms with Gasteiger partial charge in [-0.3, -0.25) is 4.99 Å². The highest BCUT2D eigenvalue weighted by molar-refractivity contribution is 14.0. The summed E-state index contributed by atoms with van der Waals surface area (Å²) >= 11 is 0. The van der Waals surface area contributed by atoms with E-state index in [-0.39, 0.29) is 24.0 Å². The maximum absolute atomic E-state index is 5.46. The molecule has 0 aliphatic heterocycles. The van der Waals surface area contributed by atoms with Gasteiger partial charge < -0.3 is 24.8 Å². The summed E-state index contributed by atoms with van der Waals surface area (Å²) in [5.41, 5.74) is 0. The third-order valence-electron chi connectivity index (χ3n) is 2.59. The van der Waals surface area contributed by atoms with Gasteiger partial charge in [-0.1, -0.05) is 13.3 Å². The first-order valence-corrected chi connectivity index (χ1v) is 7.44. The van der Waals surface area contributed by atoms with Crippen molar-refractivity contribution in [3.8, 4) is 0 Å². The molecule has 0 aliphatic carbocycles. The molecule has 0 saturated carbocycles. The molecule has 0 fully saturated rings. The minimum absolute atomic E-state index is 0. The van der Waals surface area contributed by atoms with Crippen molar-refractivity contribution in [2.45, 2.75) is 26.2 Å². The smallest absolute Gasteiger partial charge is 0.191 e. The van der Waals surface area contributed by atoms with Crippen molar-refractivity contribution in [2.75, 3.05) is 60.3 Å². The first kappa shape index (κ1) is 23.2. The molecule has 0 rings (SSSR count). The minimum atomic E-state index is 0. The van der Waals surface area contributed by atoms with Crippen LogP contribution in [0.2, 0.25) is 0 Å². The molecule has 128 valence electrons. The third-order valence-corrected chi connectivity index (χ3v) is 2.59. The first-order chi connectivity index (χ1) is 9.85. The highest BCUT2D eigenvalue weighted by Crippen LogP contribution is 1.87. The number of methoxy groups -OCH3 is 1. The first-order valence-electron chi connectivity index (χ1n) is 7.44. The van der Waals surface area contributed by atoms with Gasteiger partial charge in [-0.25, -0.2) is 0 Å². The number of unbranched alkanes of at least 4 members (excludes halogenated alkanes) is 1. The van der Waals surface area contributed by atoms with E-state index in [1.807, 2.05) is 0 Å². The molecule has 0 aromatic rings. The van der Waals surface area contributed by atoms with Crippen molar-refractivity contribution < 1.29 is 14.2 Å². The molecule has 0 aromatic carbocycles. The van der Waals surface area contributed by atoms with Crippen LogP contribution < -0.4 is 10.6 Å². The van der Waals surface area contributed by atoms with E-state index in [0.717, 1.165) is 45.1 Å². The third kappa shape index (κ3) is 17.8. The summed E-state index contributed by atoms with van der Waals surface area (Å²) in [6.07, 6.45) is 3.25. The fraction of sp³-hybridized carbons (Fsp3) is 0.929. The quantitative estimate of drug-likeness (QED) is 0.207. The van der Waals surface area contributed by atoms with E-state index in [4.69, 9.17) is 14.2 Å². The zero-order chi connectivity index (χ0) is 14.9. The Kier molecular flexibility index (Phi) is 21.9. The lowest BCUT2D eigenvalue weighted by Crippen LogP contribution is -2.39. The van der Waals surface area contributed by atoms with Gasteiger partial charge in [0, 0.05) is 40.5 Å².